The molecular formula is C22H19N3O3S. The van der Waals surface area contributed by atoms with E-state index in [0.29, 0.717) is 22.8 Å². The van der Waals surface area contributed by atoms with Gasteiger partial charge in [0.1, 0.15) is 10.7 Å². The van der Waals surface area contributed by atoms with Crippen molar-refractivity contribution in [1.82, 2.24) is 10.4 Å². The number of nitrogens with zero attached hydrogens (tertiary/aromatic N) is 2. The van der Waals surface area contributed by atoms with Crippen molar-refractivity contribution in [2.45, 2.75) is 13.3 Å². The molecule has 1 N–H and O–H groups in total. The first-order valence-electron chi connectivity index (χ1n) is 9.04. The third-order valence-electron chi connectivity index (χ3n) is 4.37. The minimum Gasteiger partial charge on any atom is -0.493 e. The Labute approximate surface area is 171 Å². The predicted molar refractivity (Wildman–Crippen MR) is 114 cm³/mol. The lowest BCUT2D eigenvalue weighted by molar-refractivity contribution is -0.120. The topological polar surface area (TPSA) is 76.7 Å². The van der Waals surface area contributed by atoms with Crippen molar-refractivity contribution >= 4 is 33.9 Å². The monoisotopic (exact) mass is 405 g/mol. The van der Waals surface area contributed by atoms with Crippen molar-refractivity contribution in [3.63, 3.8) is 0 Å². The summed E-state index contributed by atoms with van der Waals surface area (Å²) in [5.41, 5.74) is 5.70. The molecular weight excluding hydrogens is 386 g/mol. The third-order valence-corrected chi connectivity index (χ3v) is 5.21. The van der Waals surface area contributed by atoms with Crippen molar-refractivity contribution in [2.24, 2.45) is 5.10 Å². The van der Waals surface area contributed by atoms with Crippen molar-refractivity contribution in [2.75, 3.05) is 7.11 Å². The first-order chi connectivity index (χ1) is 14.1. The Kier molecular flexibility index (Phi) is 5.39. The number of rotatable bonds is 6. The number of methoxy groups -OCH3 is 1. The maximum absolute atomic E-state index is 12.3. The van der Waals surface area contributed by atoms with Crippen molar-refractivity contribution in [3.05, 3.63) is 70.7 Å². The van der Waals surface area contributed by atoms with Crippen molar-refractivity contribution < 1.29 is 13.9 Å². The van der Waals surface area contributed by atoms with Crippen LogP contribution in [-0.2, 0) is 11.2 Å². The summed E-state index contributed by atoms with van der Waals surface area (Å²) in [5, 5.41) is 7.77. The molecule has 4 rings (SSSR count). The lowest BCUT2D eigenvalue weighted by atomic mass is 10.2. The molecule has 0 unspecified atom stereocenters. The second kappa shape index (κ2) is 8.28. The summed E-state index contributed by atoms with van der Waals surface area (Å²) in [6, 6.07) is 17.4. The van der Waals surface area contributed by atoms with E-state index in [0.717, 1.165) is 21.7 Å². The van der Waals surface area contributed by atoms with Gasteiger partial charge in [0.05, 0.1) is 19.2 Å². The van der Waals surface area contributed by atoms with Crippen LogP contribution in [0.25, 0.3) is 22.2 Å². The molecule has 0 atom stereocenters. The lowest BCUT2D eigenvalue weighted by Gasteiger charge is -2.00. The van der Waals surface area contributed by atoms with Crippen LogP contribution in [0.5, 0.6) is 5.75 Å². The molecule has 0 saturated heterocycles. The number of hydrazone groups is 1. The fourth-order valence-electron chi connectivity index (χ4n) is 2.89. The zero-order valence-corrected chi connectivity index (χ0v) is 16.8. The van der Waals surface area contributed by atoms with Gasteiger partial charge in [-0.25, -0.2) is 10.4 Å². The van der Waals surface area contributed by atoms with E-state index in [1.807, 2.05) is 60.0 Å². The average Bonchev–Trinajstić information content (AvgIpc) is 3.39. The molecule has 6 nitrogen and oxygen atoms in total. The fourth-order valence-corrected chi connectivity index (χ4v) is 3.69. The number of carbonyl (C=O) groups is 1. The third kappa shape index (κ3) is 4.20. The van der Waals surface area contributed by atoms with Crippen LogP contribution >= 0.6 is 11.3 Å². The van der Waals surface area contributed by atoms with Crippen LogP contribution in [0.2, 0.25) is 0 Å². The number of furan rings is 1. The molecule has 0 aliphatic heterocycles. The van der Waals surface area contributed by atoms with Crippen LogP contribution < -0.4 is 10.2 Å². The van der Waals surface area contributed by atoms with Crippen molar-refractivity contribution in [3.8, 4) is 17.0 Å². The number of aromatic nitrogens is 1. The molecule has 2 aromatic heterocycles. The van der Waals surface area contributed by atoms with Gasteiger partial charge in [0.2, 0.25) is 5.91 Å². The number of para-hydroxylation sites is 1. The van der Waals surface area contributed by atoms with Crippen LogP contribution in [0.1, 0.15) is 17.7 Å². The van der Waals surface area contributed by atoms with Crippen LogP contribution in [0.4, 0.5) is 0 Å². The quantitative estimate of drug-likeness (QED) is 0.374. The Balaban J connectivity index is 1.42. The number of hydrogen-bond donors (Lipinski definition) is 1. The number of fused-ring (bicyclic) bond motifs is 1. The van der Waals surface area contributed by atoms with E-state index in [-0.39, 0.29) is 12.3 Å². The number of carbonyl (C=O) groups excluding carboxylic acids is 1. The second-order valence-electron chi connectivity index (χ2n) is 6.39. The van der Waals surface area contributed by atoms with Crippen LogP contribution in [0.15, 0.2) is 69.5 Å². The minimum absolute atomic E-state index is 0.169. The molecule has 29 heavy (non-hydrogen) atoms. The SMILES string of the molecule is COc1cccc2cc(/C(C)=N\NC(=O)Cc3nc(-c4ccccc4)cs3)oc12. The molecule has 0 saturated carbocycles. The van der Waals surface area contributed by atoms with Gasteiger partial charge >= 0.3 is 0 Å². The predicted octanol–water partition coefficient (Wildman–Crippen LogP) is 4.65. The molecule has 4 aromatic rings. The van der Waals surface area contributed by atoms with Gasteiger partial charge in [-0.3, -0.25) is 4.79 Å². The van der Waals surface area contributed by atoms with Gasteiger partial charge in [0, 0.05) is 16.3 Å². The molecule has 2 heterocycles. The fraction of sp³-hybridized carbons (Fsp3) is 0.136. The lowest BCUT2D eigenvalue weighted by Crippen LogP contribution is -2.21. The van der Waals surface area contributed by atoms with Crippen molar-refractivity contribution in [1.29, 1.82) is 0 Å². The van der Waals surface area contributed by atoms with Crippen LogP contribution in [0.3, 0.4) is 0 Å². The van der Waals surface area contributed by atoms with E-state index in [9.17, 15) is 4.79 Å². The van der Waals surface area contributed by atoms with Gasteiger partial charge in [-0.05, 0) is 19.1 Å². The van der Waals surface area contributed by atoms with E-state index >= 15 is 0 Å². The summed E-state index contributed by atoms with van der Waals surface area (Å²) in [6.07, 6.45) is 0.169. The smallest absolute Gasteiger partial charge is 0.246 e. The maximum atomic E-state index is 12.3. The number of nitrogens with one attached hydrogen (secondary N) is 1. The highest BCUT2D eigenvalue weighted by atomic mass is 32.1. The highest BCUT2D eigenvalue weighted by molar-refractivity contribution is 7.10. The van der Waals surface area contributed by atoms with E-state index in [2.05, 4.69) is 15.5 Å². The normalized spacial score (nSPS) is 11.6. The van der Waals surface area contributed by atoms with E-state index in [4.69, 9.17) is 9.15 Å². The van der Waals surface area contributed by atoms with Gasteiger partial charge < -0.3 is 9.15 Å². The molecule has 0 spiro atoms. The minimum atomic E-state index is -0.230. The van der Waals surface area contributed by atoms with E-state index in [1.54, 1.807) is 14.0 Å². The summed E-state index contributed by atoms with van der Waals surface area (Å²) in [7, 11) is 1.60. The number of amides is 1. The summed E-state index contributed by atoms with van der Waals surface area (Å²) in [5.74, 6) is 1.00. The average molecular weight is 405 g/mol. The number of thiazole rings is 1. The largest absolute Gasteiger partial charge is 0.493 e. The first kappa shape index (κ1) is 18.9. The van der Waals surface area contributed by atoms with Gasteiger partial charge in [0.25, 0.3) is 0 Å². The van der Waals surface area contributed by atoms with Crippen LogP contribution in [-0.4, -0.2) is 23.7 Å². The standard InChI is InChI=1S/C22H19N3O3S/c1-14(19-11-16-9-6-10-18(27-2)22(16)28-19)24-25-20(26)12-21-23-17(13-29-21)15-7-4-3-5-8-15/h3-11,13H,12H2,1-2H3,(H,25,26)/b24-14-. The second-order valence-corrected chi connectivity index (χ2v) is 7.33. The Bertz CT molecular complexity index is 1180. The van der Waals surface area contributed by atoms with Gasteiger partial charge in [-0.15, -0.1) is 11.3 Å². The number of benzene rings is 2. The molecule has 0 radical (unpaired) electrons. The molecule has 146 valence electrons. The molecule has 1 amide bonds. The van der Waals surface area contributed by atoms with Gasteiger partial charge in [0.15, 0.2) is 17.1 Å². The first-order valence-corrected chi connectivity index (χ1v) is 9.92. The Morgan fingerprint density at radius 2 is 2.03 bits per heavy atom. The Hall–Kier alpha value is -3.45. The molecule has 2 aromatic carbocycles. The summed E-state index contributed by atoms with van der Waals surface area (Å²) < 4.78 is 11.1. The Morgan fingerprint density at radius 1 is 1.21 bits per heavy atom. The van der Waals surface area contributed by atoms with Crippen LogP contribution in [0, 0.1) is 0 Å². The zero-order chi connectivity index (χ0) is 20.2. The summed E-state index contributed by atoms with van der Waals surface area (Å²) in [6.45, 7) is 1.78. The molecule has 0 fully saturated rings. The maximum Gasteiger partial charge on any atom is 0.246 e. The Morgan fingerprint density at radius 3 is 2.83 bits per heavy atom. The number of ether oxygens (including phenoxy) is 1. The number of hydrogen-bond acceptors (Lipinski definition) is 6. The molecule has 0 bridgehead atoms. The van der Waals surface area contributed by atoms with Gasteiger partial charge in [-0.2, -0.15) is 5.10 Å². The van der Waals surface area contributed by atoms with E-state index < -0.39 is 0 Å². The highest BCUT2D eigenvalue weighted by Crippen LogP contribution is 2.28. The molecule has 0 aliphatic rings. The molecule has 0 aliphatic carbocycles. The van der Waals surface area contributed by atoms with Gasteiger partial charge in [-0.1, -0.05) is 42.5 Å². The highest BCUT2D eigenvalue weighted by Gasteiger charge is 2.12. The zero-order valence-electron chi connectivity index (χ0n) is 16.0. The summed E-state index contributed by atoms with van der Waals surface area (Å²) in [4.78, 5) is 16.8. The molecule has 7 heteroatoms. The van der Waals surface area contributed by atoms with E-state index in [1.165, 1.54) is 11.3 Å². The summed E-state index contributed by atoms with van der Waals surface area (Å²) >= 11 is 1.46.